The van der Waals surface area contributed by atoms with E-state index in [1.165, 1.54) is 18.7 Å². The van der Waals surface area contributed by atoms with Gasteiger partial charge in [-0.1, -0.05) is 39.8 Å². The summed E-state index contributed by atoms with van der Waals surface area (Å²) in [4.78, 5) is 61.7. The van der Waals surface area contributed by atoms with Gasteiger partial charge in [0.15, 0.2) is 24.3 Å². The number of likely N-dealkylation sites (N-methyl/N-ethyl adjacent to an activating group) is 1. The van der Waals surface area contributed by atoms with Crippen LogP contribution in [0.25, 0.3) is 0 Å². The van der Waals surface area contributed by atoms with Gasteiger partial charge in [-0.25, -0.2) is 0 Å². The summed E-state index contributed by atoms with van der Waals surface area (Å²) in [6.45, 7) is 23.0. The Bertz CT molecular complexity index is 1990. The normalized spacial score (nSPS) is 41.8. The highest BCUT2D eigenvalue weighted by Crippen LogP contribution is 2.50. The highest BCUT2D eigenvalue weighted by Gasteiger charge is 2.62. The van der Waals surface area contributed by atoms with Gasteiger partial charge in [0.05, 0.1) is 62.3 Å². The molecule has 0 aromatic heterocycles. The molecular weight excluding hydrogens is 949 g/mol. The smallest absolute Gasteiger partial charge is 0.320 e. The molecule has 1 unspecified atom stereocenters. The molecule has 5 aliphatic heterocycles. The number of thioether (sulfide) groups is 1. The summed E-state index contributed by atoms with van der Waals surface area (Å²) in [6.07, 6.45) is -4.71. The quantitative estimate of drug-likeness (QED) is 0.146. The van der Waals surface area contributed by atoms with Crippen molar-refractivity contribution in [3.63, 3.8) is 0 Å². The molecule has 5 aliphatic rings. The molecule has 1 aromatic rings. The van der Waals surface area contributed by atoms with Crippen LogP contribution in [0.1, 0.15) is 107 Å². The molecule has 0 radical (unpaired) electrons. The molecule has 19 atom stereocenters. The zero-order valence-electron chi connectivity index (χ0n) is 45.8. The van der Waals surface area contributed by atoms with Crippen molar-refractivity contribution in [1.29, 1.82) is 0 Å². The molecule has 0 amide bonds. The second-order valence-electron chi connectivity index (χ2n) is 21.9. The van der Waals surface area contributed by atoms with E-state index >= 15 is 9.59 Å². The number of nitrogens with zero attached hydrogens (tertiary/aromatic N) is 2. The molecular formula is C54H86N2O15S. The molecule has 17 nitrogen and oxygen atoms in total. The second kappa shape index (κ2) is 24.4. The third-order valence-corrected chi connectivity index (χ3v) is 17.9. The maximum Gasteiger partial charge on any atom is 0.320 e. The Morgan fingerprint density at radius 2 is 1.49 bits per heavy atom. The molecule has 6 rings (SSSR count). The fraction of sp³-hybridized carbons (Fsp3) is 0.815. The number of carbonyl (C=O) groups is 4. The van der Waals surface area contributed by atoms with E-state index in [0.717, 1.165) is 25.1 Å². The minimum atomic E-state index is -1.38. The average Bonchev–Trinajstić information content (AvgIpc) is 3.61. The zero-order chi connectivity index (χ0) is 53.0. The Labute approximate surface area is 432 Å². The van der Waals surface area contributed by atoms with Crippen LogP contribution in [-0.4, -0.2) is 179 Å². The van der Waals surface area contributed by atoms with Crippen LogP contribution < -0.4 is 4.74 Å². The third-order valence-electron chi connectivity index (χ3n) is 16.6. The van der Waals surface area contributed by atoms with Gasteiger partial charge in [0.2, 0.25) is 0 Å². The number of morpholine rings is 1. The predicted molar refractivity (Wildman–Crippen MR) is 270 cm³/mol. The van der Waals surface area contributed by atoms with Gasteiger partial charge >= 0.3 is 17.9 Å². The molecule has 0 N–H and O–H groups in total. The Morgan fingerprint density at radius 1 is 0.847 bits per heavy atom. The van der Waals surface area contributed by atoms with Gasteiger partial charge in [-0.3, -0.25) is 24.1 Å². The molecule has 408 valence electrons. The van der Waals surface area contributed by atoms with Crippen LogP contribution in [0.5, 0.6) is 5.75 Å². The lowest BCUT2D eigenvalue weighted by Crippen LogP contribution is -2.65. The van der Waals surface area contributed by atoms with Crippen LogP contribution in [-0.2, 0) is 72.3 Å². The average molecular weight is 1040 g/mol. The monoisotopic (exact) mass is 1030 g/mol. The van der Waals surface area contributed by atoms with Crippen molar-refractivity contribution >= 4 is 35.5 Å². The van der Waals surface area contributed by atoms with Crippen molar-refractivity contribution in [2.45, 2.75) is 191 Å². The molecule has 0 bridgehead atoms. The van der Waals surface area contributed by atoms with E-state index in [1.807, 2.05) is 79.9 Å². The van der Waals surface area contributed by atoms with E-state index in [-0.39, 0.29) is 36.8 Å². The number of esters is 3. The summed E-state index contributed by atoms with van der Waals surface area (Å²) in [6, 6.07) is 7.47. The number of fused-ring (bicyclic) bond motifs is 1. The summed E-state index contributed by atoms with van der Waals surface area (Å²) in [5.41, 5.74) is -2.65. The Hall–Kier alpha value is -2.91. The highest BCUT2D eigenvalue weighted by molar-refractivity contribution is 7.99. The van der Waals surface area contributed by atoms with E-state index in [0.29, 0.717) is 31.1 Å². The first-order chi connectivity index (χ1) is 33.9. The van der Waals surface area contributed by atoms with Crippen LogP contribution in [0.15, 0.2) is 24.3 Å². The molecule has 5 fully saturated rings. The Morgan fingerprint density at radius 3 is 2.07 bits per heavy atom. The van der Waals surface area contributed by atoms with Crippen LogP contribution in [0, 0.1) is 29.6 Å². The lowest BCUT2D eigenvalue weighted by Gasteiger charge is -2.52. The largest absolute Gasteiger partial charge is 0.497 e. The van der Waals surface area contributed by atoms with Gasteiger partial charge in [-0.15, -0.1) is 11.8 Å². The number of benzene rings is 1. The van der Waals surface area contributed by atoms with Gasteiger partial charge in [0.1, 0.15) is 28.5 Å². The number of cyclic esters (lactones) is 1. The van der Waals surface area contributed by atoms with Gasteiger partial charge < -0.3 is 57.0 Å². The minimum absolute atomic E-state index is 0.0590. The van der Waals surface area contributed by atoms with E-state index < -0.39 is 113 Å². The first-order valence-corrected chi connectivity index (χ1v) is 27.1. The number of rotatable bonds is 14. The van der Waals surface area contributed by atoms with Crippen molar-refractivity contribution in [2.75, 3.05) is 61.7 Å². The first kappa shape index (κ1) is 58.4. The maximum atomic E-state index is 15.3. The molecule has 0 spiro atoms. The Kier molecular flexibility index (Phi) is 19.8. The summed E-state index contributed by atoms with van der Waals surface area (Å²) in [7, 11) is 8.84. The van der Waals surface area contributed by atoms with E-state index in [9.17, 15) is 9.59 Å². The van der Waals surface area contributed by atoms with Gasteiger partial charge in [-0.05, 0) is 92.6 Å². The van der Waals surface area contributed by atoms with E-state index in [1.54, 1.807) is 42.1 Å². The highest BCUT2D eigenvalue weighted by atomic mass is 32.2. The number of ketones is 1. The van der Waals surface area contributed by atoms with Crippen LogP contribution in [0.3, 0.4) is 0 Å². The predicted octanol–water partition coefficient (Wildman–Crippen LogP) is 6.48. The molecule has 5 saturated heterocycles. The van der Waals surface area contributed by atoms with E-state index in [4.69, 9.17) is 52.1 Å². The zero-order valence-corrected chi connectivity index (χ0v) is 46.7. The minimum Gasteiger partial charge on any atom is -0.497 e. The van der Waals surface area contributed by atoms with Crippen molar-refractivity contribution in [2.24, 2.45) is 29.6 Å². The van der Waals surface area contributed by atoms with Crippen molar-refractivity contribution in [1.82, 2.24) is 9.80 Å². The maximum absolute atomic E-state index is 15.3. The number of carbonyl (C=O) groups excluding carboxylic acids is 4. The van der Waals surface area contributed by atoms with Crippen molar-refractivity contribution in [3.8, 4) is 5.75 Å². The van der Waals surface area contributed by atoms with Crippen LogP contribution >= 0.6 is 11.8 Å². The summed E-state index contributed by atoms with van der Waals surface area (Å²) in [5, 5.41) is -0.758. The number of hydrogen-bond donors (Lipinski definition) is 0. The van der Waals surface area contributed by atoms with Gasteiger partial charge in [0, 0.05) is 76.1 Å². The fourth-order valence-electron chi connectivity index (χ4n) is 12.5. The summed E-state index contributed by atoms with van der Waals surface area (Å²) >= 11 is 1.42. The van der Waals surface area contributed by atoms with Crippen LogP contribution in [0.4, 0.5) is 0 Å². The molecule has 5 heterocycles. The van der Waals surface area contributed by atoms with E-state index in [2.05, 4.69) is 16.7 Å². The number of hydrogen-bond acceptors (Lipinski definition) is 18. The third kappa shape index (κ3) is 12.5. The lowest BCUT2D eigenvalue weighted by atomic mass is 9.70. The molecule has 1 aromatic carbocycles. The second-order valence-corrected chi connectivity index (χ2v) is 23.0. The van der Waals surface area contributed by atoms with Crippen molar-refractivity contribution < 1.29 is 71.3 Å². The Balaban J connectivity index is 1.46. The fourth-order valence-corrected chi connectivity index (χ4v) is 14.0. The molecule has 0 saturated carbocycles. The summed E-state index contributed by atoms with van der Waals surface area (Å²) in [5.74, 6) is -4.09. The number of Topliss-reactive ketones (excluding diaryl/α,β-unsaturated/α-hetero) is 1. The standard InChI is InChI=1S/C54H86N2O15S/c1-17-40-54(11)42(46(50(60)71-54)72-29-37-18-20-38(61-14)21-19-37)32(4)44(58)30(2)27-52(9,62-15)47(70-51-43(55(12)13)39(26-31(3)65-51)56-22-24-64-25-23-56)33(5)45(34(6)49(59)68-40)69-41-28-53(10,63-16)48(35(7)66-41)67-36(8)57/h18-21,30-35,39-43,45-48,51H,17,22-29H2,1-16H3/t30-,31-,32-,33+,34-,35+,39-,40-,41+,42+,43+,45+,46?,47-,48+,51+,52-,53-,54-/m1/s1. The van der Waals surface area contributed by atoms with Crippen LogP contribution in [0.2, 0.25) is 0 Å². The first-order valence-electron chi connectivity index (χ1n) is 26.0. The molecule has 72 heavy (non-hydrogen) atoms. The van der Waals surface area contributed by atoms with Crippen molar-refractivity contribution in [3.05, 3.63) is 29.8 Å². The number of methoxy groups -OCH3 is 3. The lowest BCUT2D eigenvalue weighted by molar-refractivity contribution is -0.315. The number of ether oxygens (including phenoxy) is 11. The van der Waals surface area contributed by atoms with Gasteiger partial charge in [-0.2, -0.15) is 0 Å². The van der Waals surface area contributed by atoms with Gasteiger partial charge in [0.25, 0.3) is 0 Å². The molecule has 0 aliphatic carbocycles. The topological polar surface area (TPSA) is 176 Å². The SMILES string of the molecule is CC[C@H]1OC(=O)[C@H](C)[C@@H](O[C@H]2C[C@@](C)(OC)[C@@H](OC(C)=O)[C@H](C)O2)[C@H](C)[C@@H](O[C@@H]2O[C@H](C)C[C@@H](N3CCOCC3)[C@@H]2N(C)C)[C@](C)(OC)C[C@@H](C)C(=O)[C@H](C)[C@H]2C(SCc3ccc(OC)cc3)C(=O)O[C@@]21C. The molecule has 18 heteroatoms. The summed E-state index contributed by atoms with van der Waals surface area (Å²) < 4.78 is 70.7.